The minimum Gasteiger partial charge on any atom is -0.490 e. The van der Waals surface area contributed by atoms with Gasteiger partial charge in [0.25, 0.3) is 5.91 Å². The summed E-state index contributed by atoms with van der Waals surface area (Å²) >= 11 is 0. The highest BCUT2D eigenvalue weighted by atomic mass is 16.5. The molecule has 178 valence electrons. The number of hydrogen-bond donors (Lipinski definition) is 0. The Morgan fingerprint density at radius 2 is 1.65 bits per heavy atom. The van der Waals surface area contributed by atoms with Gasteiger partial charge in [-0.15, -0.1) is 10.2 Å². The van der Waals surface area contributed by atoms with Gasteiger partial charge in [0, 0.05) is 37.2 Å². The van der Waals surface area contributed by atoms with Crippen LogP contribution in [0.1, 0.15) is 64.7 Å². The largest absolute Gasteiger partial charge is 0.490 e. The van der Waals surface area contributed by atoms with Crippen LogP contribution in [0.2, 0.25) is 0 Å². The van der Waals surface area contributed by atoms with Crippen LogP contribution in [0, 0.1) is 0 Å². The number of aromatic nitrogens is 3. The minimum absolute atomic E-state index is 0.128. The molecule has 2 heterocycles. The molecule has 0 bridgehead atoms. The van der Waals surface area contributed by atoms with E-state index in [-0.39, 0.29) is 17.6 Å². The maximum atomic E-state index is 13.4. The van der Waals surface area contributed by atoms with E-state index in [0.29, 0.717) is 54.5 Å². The Labute approximate surface area is 199 Å². The molecule has 34 heavy (non-hydrogen) atoms. The van der Waals surface area contributed by atoms with E-state index >= 15 is 0 Å². The van der Waals surface area contributed by atoms with Crippen molar-refractivity contribution in [2.75, 3.05) is 26.3 Å². The molecule has 4 rings (SSSR count). The molecule has 1 aliphatic rings. The van der Waals surface area contributed by atoms with Gasteiger partial charge >= 0.3 is 0 Å². The van der Waals surface area contributed by atoms with Gasteiger partial charge in [-0.2, -0.15) is 0 Å². The molecule has 0 unspecified atom stereocenters. The predicted octanol–water partition coefficient (Wildman–Crippen LogP) is 3.86. The second-order valence-corrected chi connectivity index (χ2v) is 8.27. The van der Waals surface area contributed by atoms with E-state index in [0.717, 1.165) is 18.7 Å². The Morgan fingerprint density at radius 3 is 2.29 bits per heavy atom. The summed E-state index contributed by atoms with van der Waals surface area (Å²) in [7, 11) is 1.94. The molecule has 0 aliphatic carbocycles. The van der Waals surface area contributed by atoms with Crippen LogP contribution in [0.3, 0.4) is 0 Å². The number of ether oxygens (including phenoxy) is 2. The lowest BCUT2D eigenvalue weighted by Crippen LogP contribution is -2.39. The lowest BCUT2D eigenvalue weighted by Gasteiger charge is -2.32. The Kier molecular flexibility index (Phi) is 7.25. The van der Waals surface area contributed by atoms with Crippen molar-refractivity contribution in [1.82, 2.24) is 19.7 Å². The fourth-order valence-corrected chi connectivity index (χ4v) is 4.39. The van der Waals surface area contributed by atoms with Crippen LogP contribution in [0.5, 0.6) is 11.5 Å². The van der Waals surface area contributed by atoms with E-state index in [1.54, 1.807) is 48.8 Å². The fraction of sp³-hybridized carbons (Fsp3) is 0.385. The summed E-state index contributed by atoms with van der Waals surface area (Å²) in [4.78, 5) is 28.7. The molecule has 1 amide bonds. The standard InChI is InChI=1S/C26H30N4O4/c1-4-33-22-11-10-19(16-23(22)34-5-2)24(31)20-8-6-7-9-21(20)26(32)30-14-12-18(13-15-30)25-28-27-17-29(25)3/h6-11,16-18H,4-5,12-15H2,1-3H3. The zero-order valence-electron chi connectivity index (χ0n) is 19.9. The number of rotatable bonds is 8. The SMILES string of the molecule is CCOc1ccc(C(=O)c2ccccc2C(=O)N2CCC(c3nncn3C)CC2)cc1OCC. The van der Waals surface area contributed by atoms with Gasteiger partial charge in [-0.05, 0) is 51.0 Å². The zero-order chi connectivity index (χ0) is 24.1. The number of hydrogen-bond acceptors (Lipinski definition) is 6. The molecule has 0 atom stereocenters. The summed E-state index contributed by atoms with van der Waals surface area (Å²) in [5.74, 6) is 1.98. The van der Waals surface area contributed by atoms with Crippen molar-refractivity contribution < 1.29 is 19.1 Å². The van der Waals surface area contributed by atoms with E-state index in [9.17, 15) is 9.59 Å². The van der Waals surface area contributed by atoms with Crippen molar-refractivity contribution in [3.8, 4) is 11.5 Å². The van der Waals surface area contributed by atoms with Crippen molar-refractivity contribution in [2.24, 2.45) is 7.05 Å². The smallest absolute Gasteiger partial charge is 0.254 e. The van der Waals surface area contributed by atoms with E-state index in [1.807, 2.05) is 30.4 Å². The molecule has 1 saturated heterocycles. The van der Waals surface area contributed by atoms with Gasteiger partial charge in [0.1, 0.15) is 12.2 Å². The number of piperidine rings is 1. The molecule has 2 aromatic carbocycles. The summed E-state index contributed by atoms with van der Waals surface area (Å²) in [6.45, 7) is 5.94. The van der Waals surface area contributed by atoms with Crippen LogP contribution in [0.15, 0.2) is 48.8 Å². The third kappa shape index (κ3) is 4.81. The van der Waals surface area contributed by atoms with Gasteiger partial charge in [-0.25, -0.2) is 0 Å². The van der Waals surface area contributed by atoms with Crippen LogP contribution in [0.25, 0.3) is 0 Å². The summed E-state index contributed by atoms with van der Waals surface area (Å²) in [5.41, 5.74) is 1.25. The van der Waals surface area contributed by atoms with Crippen molar-refractivity contribution in [2.45, 2.75) is 32.6 Å². The van der Waals surface area contributed by atoms with Crippen LogP contribution in [0.4, 0.5) is 0 Å². The van der Waals surface area contributed by atoms with Crippen LogP contribution < -0.4 is 9.47 Å². The van der Waals surface area contributed by atoms with Crippen molar-refractivity contribution in [3.05, 3.63) is 71.3 Å². The third-order valence-electron chi connectivity index (χ3n) is 6.10. The normalized spacial score (nSPS) is 14.1. The number of carbonyl (C=O) groups excluding carboxylic acids is 2. The first-order chi connectivity index (χ1) is 16.5. The van der Waals surface area contributed by atoms with E-state index in [4.69, 9.17) is 9.47 Å². The molecule has 0 radical (unpaired) electrons. The second-order valence-electron chi connectivity index (χ2n) is 8.27. The van der Waals surface area contributed by atoms with Gasteiger partial charge in [0.15, 0.2) is 17.3 Å². The summed E-state index contributed by atoms with van der Waals surface area (Å²) < 4.78 is 13.2. The molecule has 0 N–H and O–H groups in total. The first kappa shape index (κ1) is 23.5. The average molecular weight is 463 g/mol. The number of ketones is 1. The number of carbonyl (C=O) groups is 2. The predicted molar refractivity (Wildman–Crippen MR) is 128 cm³/mol. The number of benzene rings is 2. The van der Waals surface area contributed by atoms with Crippen molar-refractivity contribution >= 4 is 11.7 Å². The van der Waals surface area contributed by atoms with Gasteiger partial charge in [0.05, 0.1) is 18.8 Å². The summed E-state index contributed by atoms with van der Waals surface area (Å²) in [6.07, 6.45) is 3.32. The number of amides is 1. The highest BCUT2D eigenvalue weighted by Crippen LogP contribution is 2.31. The molecular formula is C26H30N4O4. The van der Waals surface area contributed by atoms with E-state index in [1.165, 1.54) is 0 Å². The van der Waals surface area contributed by atoms with Crippen LogP contribution in [-0.2, 0) is 7.05 Å². The molecule has 1 aliphatic heterocycles. The molecule has 0 spiro atoms. The molecule has 1 aromatic heterocycles. The highest BCUT2D eigenvalue weighted by molar-refractivity contribution is 6.15. The van der Waals surface area contributed by atoms with E-state index < -0.39 is 0 Å². The summed E-state index contributed by atoms with van der Waals surface area (Å²) in [6, 6.07) is 12.1. The average Bonchev–Trinajstić information content (AvgIpc) is 3.30. The summed E-state index contributed by atoms with van der Waals surface area (Å²) in [5, 5.41) is 8.19. The molecule has 3 aromatic rings. The van der Waals surface area contributed by atoms with Crippen LogP contribution >= 0.6 is 0 Å². The fourth-order valence-electron chi connectivity index (χ4n) is 4.39. The number of likely N-dealkylation sites (tertiary alicyclic amines) is 1. The van der Waals surface area contributed by atoms with Crippen LogP contribution in [-0.4, -0.2) is 57.7 Å². The number of aryl methyl sites for hydroxylation is 1. The van der Waals surface area contributed by atoms with Crippen molar-refractivity contribution in [3.63, 3.8) is 0 Å². The molecule has 1 fully saturated rings. The Hall–Kier alpha value is -3.68. The quantitative estimate of drug-likeness (QED) is 0.473. The number of nitrogens with zero attached hydrogens (tertiary/aromatic N) is 4. The highest BCUT2D eigenvalue weighted by Gasteiger charge is 2.29. The van der Waals surface area contributed by atoms with E-state index in [2.05, 4.69) is 10.2 Å². The molecular weight excluding hydrogens is 432 g/mol. The minimum atomic E-state index is -0.220. The Morgan fingerprint density at radius 1 is 0.971 bits per heavy atom. The molecule has 8 heteroatoms. The third-order valence-corrected chi connectivity index (χ3v) is 6.10. The van der Waals surface area contributed by atoms with Crippen molar-refractivity contribution in [1.29, 1.82) is 0 Å². The maximum Gasteiger partial charge on any atom is 0.254 e. The maximum absolute atomic E-state index is 13.4. The lowest BCUT2D eigenvalue weighted by molar-refractivity contribution is 0.0706. The molecule has 0 saturated carbocycles. The van der Waals surface area contributed by atoms with Gasteiger partial charge in [-0.3, -0.25) is 9.59 Å². The monoisotopic (exact) mass is 462 g/mol. The van der Waals surface area contributed by atoms with Gasteiger partial charge in [-0.1, -0.05) is 18.2 Å². The molecule has 8 nitrogen and oxygen atoms in total. The first-order valence-electron chi connectivity index (χ1n) is 11.7. The van der Waals surface area contributed by atoms with Gasteiger partial charge < -0.3 is 18.9 Å². The Balaban J connectivity index is 1.54. The zero-order valence-corrected chi connectivity index (χ0v) is 19.9. The van der Waals surface area contributed by atoms with Gasteiger partial charge in [0.2, 0.25) is 0 Å². The topological polar surface area (TPSA) is 86.6 Å². The second kappa shape index (κ2) is 10.5. The lowest BCUT2D eigenvalue weighted by atomic mass is 9.93. The Bertz CT molecular complexity index is 1170. The first-order valence-corrected chi connectivity index (χ1v) is 11.7.